The molecule has 0 heterocycles. The maximum atomic E-state index is 12.0. The number of Topliss-reactive ketones (excluding diaryl/α,β-unsaturated/α-hetero) is 1. The summed E-state index contributed by atoms with van der Waals surface area (Å²) < 4.78 is 12.7. The number of hydrogen-bond acceptors (Lipinski definition) is 4. The summed E-state index contributed by atoms with van der Waals surface area (Å²) in [5, 5.41) is 10.4. The lowest BCUT2D eigenvalue weighted by Gasteiger charge is -2.31. The fourth-order valence-corrected chi connectivity index (χ4v) is 4.55. The molecule has 1 N–H and O–H groups in total. The van der Waals surface area contributed by atoms with Gasteiger partial charge in [-0.2, -0.15) is 0 Å². The molecule has 0 amide bonds. The first-order valence-electron chi connectivity index (χ1n) is 12.6. The predicted octanol–water partition coefficient (Wildman–Crippen LogP) is 7.79. The SMILES string of the molecule is C=C(OC1CCCCCC1)C(C)(C)COc1c(-c2ccc(C(C)=O)c(CC)c2)ccc(O)c1C. The number of ketones is 1. The van der Waals surface area contributed by atoms with E-state index in [1.54, 1.807) is 13.0 Å². The average molecular weight is 465 g/mol. The second-order valence-electron chi connectivity index (χ2n) is 10.2. The summed E-state index contributed by atoms with van der Waals surface area (Å²) in [5.41, 5.74) is 3.91. The van der Waals surface area contributed by atoms with Gasteiger partial charge in [-0.25, -0.2) is 0 Å². The normalized spacial score (nSPS) is 15.0. The Morgan fingerprint density at radius 2 is 1.79 bits per heavy atom. The maximum absolute atomic E-state index is 12.0. The third-order valence-corrected chi connectivity index (χ3v) is 7.00. The van der Waals surface area contributed by atoms with Gasteiger partial charge in [-0.15, -0.1) is 0 Å². The van der Waals surface area contributed by atoms with Crippen LogP contribution in [-0.2, 0) is 11.2 Å². The van der Waals surface area contributed by atoms with E-state index in [1.165, 1.54) is 25.7 Å². The molecule has 0 atom stereocenters. The summed E-state index contributed by atoms with van der Waals surface area (Å²) in [6.07, 6.45) is 8.16. The molecule has 0 aromatic heterocycles. The van der Waals surface area contributed by atoms with Crippen LogP contribution in [0.2, 0.25) is 0 Å². The molecule has 1 aliphatic carbocycles. The molecule has 0 spiro atoms. The second kappa shape index (κ2) is 11.1. The lowest BCUT2D eigenvalue weighted by Crippen LogP contribution is -2.27. The number of benzene rings is 2. The van der Waals surface area contributed by atoms with Crippen molar-refractivity contribution in [2.45, 2.75) is 85.7 Å². The van der Waals surface area contributed by atoms with Crippen molar-refractivity contribution in [3.8, 4) is 22.6 Å². The van der Waals surface area contributed by atoms with Crippen LogP contribution in [0, 0.1) is 12.3 Å². The van der Waals surface area contributed by atoms with Crippen LogP contribution in [0.25, 0.3) is 11.1 Å². The van der Waals surface area contributed by atoms with Crippen molar-refractivity contribution in [3.63, 3.8) is 0 Å². The van der Waals surface area contributed by atoms with Crippen LogP contribution in [0.15, 0.2) is 42.7 Å². The number of phenolic OH excluding ortho intramolecular Hbond substituents is 1. The van der Waals surface area contributed by atoms with Crippen LogP contribution < -0.4 is 4.74 Å². The summed E-state index contributed by atoms with van der Waals surface area (Å²) in [7, 11) is 0. The first-order chi connectivity index (χ1) is 16.1. The molecule has 1 aliphatic rings. The lowest BCUT2D eigenvalue weighted by molar-refractivity contribution is 0.0453. The minimum atomic E-state index is -0.394. The highest BCUT2D eigenvalue weighted by Gasteiger charge is 2.28. The maximum Gasteiger partial charge on any atom is 0.160 e. The van der Waals surface area contributed by atoms with E-state index in [1.807, 2.05) is 32.0 Å². The first-order valence-corrected chi connectivity index (χ1v) is 12.6. The molecule has 2 aromatic carbocycles. The minimum Gasteiger partial charge on any atom is -0.508 e. The van der Waals surface area contributed by atoms with Crippen molar-refractivity contribution < 1.29 is 19.4 Å². The molecule has 0 bridgehead atoms. The lowest BCUT2D eigenvalue weighted by atomic mass is 9.92. The summed E-state index contributed by atoms with van der Waals surface area (Å²) in [5.74, 6) is 1.66. The Morgan fingerprint density at radius 3 is 2.41 bits per heavy atom. The van der Waals surface area contributed by atoms with E-state index in [2.05, 4.69) is 26.5 Å². The van der Waals surface area contributed by atoms with Crippen molar-refractivity contribution >= 4 is 5.78 Å². The van der Waals surface area contributed by atoms with Crippen molar-refractivity contribution in [1.82, 2.24) is 0 Å². The summed E-state index contributed by atoms with van der Waals surface area (Å²) in [4.78, 5) is 12.0. The number of carbonyl (C=O) groups excluding carboxylic acids is 1. The van der Waals surface area contributed by atoms with Gasteiger partial charge in [0.05, 0.1) is 17.3 Å². The van der Waals surface area contributed by atoms with Gasteiger partial charge in [0.2, 0.25) is 0 Å². The molecule has 1 fully saturated rings. The molecule has 184 valence electrons. The van der Waals surface area contributed by atoms with Gasteiger partial charge in [-0.05, 0) is 83.1 Å². The predicted molar refractivity (Wildman–Crippen MR) is 139 cm³/mol. The minimum absolute atomic E-state index is 0.0655. The highest BCUT2D eigenvalue weighted by atomic mass is 16.5. The van der Waals surface area contributed by atoms with Crippen LogP contribution in [0.4, 0.5) is 0 Å². The van der Waals surface area contributed by atoms with Gasteiger partial charge in [0.25, 0.3) is 0 Å². The van der Waals surface area contributed by atoms with Crippen molar-refractivity contribution in [1.29, 1.82) is 0 Å². The van der Waals surface area contributed by atoms with E-state index in [9.17, 15) is 9.90 Å². The molecule has 0 saturated heterocycles. The Bertz CT molecular complexity index is 1030. The van der Waals surface area contributed by atoms with Gasteiger partial charge < -0.3 is 14.6 Å². The van der Waals surface area contributed by atoms with Gasteiger partial charge in [-0.1, -0.05) is 44.5 Å². The fraction of sp³-hybridized carbons (Fsp3) is 0.500. The van der Waals surface area contributed by atoms with Crippen LogP contribution in [-0.4, -0.2) is 23.6 Å². The molecule has 2 aromatic rings. The van der Waals surface area contributed by atoms with E-state index >= 15 is 0 Å². The third-order valence-electron chi connectivity index (χ3n) is 7.00. The van der Waals surface area contributed by atoms with Gasteiger partial charge >= 0.3 is 0 Å². The molecule has 1 saturated carbocycles. The monoisotopic (exact) mass is 464 g/mol. The Hall–Kier alpha value is -2.75. The van der Waals surface area contributed by atoms with Crippen LogP contribution in [0.5, 0.6) is 11.5 Å². The fourth-order valence-electron chi connectivity index (χ4n) is 4.55. The van der Waals surface area contributed by atoms with Gasteiger partial charge in [0, 0.05) is 16.7 Å². The number of ether oxygens (including phenoxy) is 2. The second-order valence-corrected chi connectivity index (χ2v) is 10.2. The number of carbonyl (C=O) groups is 1. The molecule has 4 heteroatoms. The van der Waals surface area contributed by atoms with Crippen LogP contribution in [0.1, 0.15) is 87.7 Å². The van der Waals surface area contributed by atoms with E-state index in [0.29, 0.717) is 17.9 Å². The molecular formula is C30H40O4. The zero-order chi connectivity index (χ0) is 24.9. The number of phenols is 1. The Morgan fingerprint density at radius 1 is 1.12 bits per heavy atom. The molecule has 3 rings (SSSR count). The molecule has 4 nitrogen and oxygen atoms in total. The Balaban J connectivity index is 1.84. The Labute approximate surface area is 205 Å². The average Bonchev–Trinajstić information content (AvgIpc) is 3.08. The van der Waals surface area contributed by atoms with Crippen LogP contribution >= 0.6 is 0 Å². The molecule has 0 aliphatic heterocycles. The van der Waals surface area contributed by atoms with Crippen molar-refractivity contribution in [2.75, 3.05) is 6.61 Å². The number of aromatic hydroxyl groups is 1. The molecule has 0 radical (unpaired) electrons. The quantitative estimate of drug-likeness (QED) is 0.234. The zero-order valence-corrected chi connectivity index (χ0v) is 21.5. The molecule has 34 heavy (non-hydrogen) atoms. The summed E-state index contributed by atoms with van der Waals surface area (Å²) in [6.45, 7) is 14.3. The largest absolute Gasteiger partial charge is 0.508 e. The number of aryl methyl sites for hydroxylation is 1. The summed E-state index contributed by atoms with van der Waals surface area (Å²) in [6, 6.07) is 9.46. The zero-order valence-electron chi connectivity index (χ0n) is 21.5. The van der Waals surface area contributed by atoms with Gasteiger partial charge in [0.1, 0.15) is 18.1 Å². The van der Waals surface area contributed by atoms with Crippen molar-refractivity contribution in [3.05, 3.63) is 59.4 Å². The molecular weight excluding hydrogens is 424 g/mol. The van der Waals surface area contributed by atoms with Gasteiger partial charge in [0.15, 0.2) is 5.78 Å². The number of hydrogen-bond donors (Lipinski definition) is 1. The van der Waals surface area contributed by atoms with E-state index in [-0.39, 0.29) is 17.6 Å². The third kappa shape index (κ3) is 6.02. The first kappa shape index (κ1) is 25.9. The topological polar surface area (TPSA) is 55.8 Å². The van der Waals surface area contributed by atoms with Crippen molar-refractivity contribution in [2.24, 2.45) is 5.41 Å². The van der Waals surface area contributed by atoms with Gasteiger partial charge in [-0.3, -0.25) is 4.79 Å². The van der Waals surface area contributed by atoms with E-state index in [4.69, 9.17) is 9.47 Å². The Kier molecular flexibility index (Phi) is 8.46. The summed E-state index contributed by atoms with van der Waals surface area (Å²) >= 11 is 0. The van der Waals surface area contributed by atoms with Crippen LogP contribution in [0.3, 0.4) is 0 Å². The standard InChI is InChI=1S/C30H40O4/c1-7-23-18-24(14-15-26(23)21(3)31)27-16-17-28(32)20(2)29(27)33-19-30(5,6)22(4)34-25-12-10-8-9-11-13-25/h14-18,25,32H,4,7-13,19H2,1-3,5-6H3. The highest BCUT2D eigenvalue weighted by molar-refractivity contribution is 5.96. The molecule has 0 unspecified atom stereocenters. The highest BCUT2D eigenvalue weighted by Crippen LogP contribution is 2.40. The number of rotatable bonds is 9. The van der Waals surface area contributed by atoms with E-state index < -0.39 is 5.41 Å². The van der Waals surface area contributed by atoms with E-state index in [0.717, 1.165) is 47.3 Å². The smallest absolute Gasteiger partial charge is 0.160 e.